The summed E-state index contributed by atoms with van der Waals surface area (Å²) in [7, 11) is 1.27. The van der Waals surface area contributed by atoms with Crippen LogP contribution < -0.4 is 0 Å². The Bertz CT molecular complexity index is 640. The summed E-state index contributed by atoms with van der Waals surface area (Å²) in [5.41, 5.74) is 1.16. The first kappa shape index (κ1) is 15.3. The van der Waals surface area contributed by atoms with E-state index in [1.54, 1.807) is 12.1 Å². The molecule has 0 saturated heterocycles. The first-order chi connectivity index (χ1) is 10.1. The molecule has 0 bridgehead atoms. The number of hydrogen-bond donors (Lipinski definition) is 0. The molecule has 0 aromatic heterocycles. The molecule has 0 spiro atoms. The van der Waals surface area contributed by atoms with E-state index < -0.39 is 17.0 Å². The minimum Gasteiger partial charge on any atom is -0.465 e. The third kappa shape index (κ3) is 3.70. The van der Waals surface area contributed by atoms with Gasteiger partial charge in [0.05, 0.1) is 18.2 Å². The summed E-state index contributed by atoms with van der Waals surface area (Å²) in [5.74, 6) is -1.17. The van der Waals surface area contributed by atoms with E-state index in [0.717, 1.165) is 5.56 Å². The van der Waals surface area contributed by atoms with E-state index in [0.29, 0.717) is 0 Å². The molecule has 1 atom stereocenters. The van der Waals surface area contributed by atoms with Crippen molar-refractivity contribution < 1.29 is 19.1 Å². The second-order valence-corrected chi connectivity index (χ2v) is 5.00. The van der Waals surface area contributed by atoms with Crippen molar-refractivity contribution in [2.24, 2.45) is 0 Å². The molecule has 21 heavy (non-hydrogen) atoms. The quantitative estimate of drug-likeness (QED) is 0.624. The molecule has 108 valence electrons. The molecule has 0 amide bonds. The van der Waals surface area contributed by atoms with Gasteiger partial charge in [-0.1, -0.05) is 42.5 Å². The maximum atomic E-state index is 12.2. The number of benzene rings is 2. The number of alkyl halides is 1. The average Bonchev–Trinajstić information content (AvgIpc) is 2.54. The van der Waals surface area contributed by atoms with Gasteiger partial charge in [-0.05, 0) is 28.1 Å². The smallest absolute Gasteiger partial charge is 0.340 e. The van der Waals surface area contributed by atoms with Crippen LogP contribution in [0, 0.1) is 0 Å². The van der Waals surface area contributed by atoms with Crippen LogP contribution in [0.2, 0.25) is 0 Å². The zero-order chi connectivity index (χ0) is 15.2. The van der Waals surface area contributed by atoms with Crippen LogP contribution >= 0.6 is 15.9 Å². The van der Waals surface area contributed by atoms with Gasteiger partial charge in [0.25, 0.3) is 0 Å². The molecule has 2 aromatic carbocycles. The fourth-order valence-corrected chi connectivity index (χ4v) is 2.25. The molecular formula is C16H13BrO4. The van der Waals surface area contributed by atoms with E-state index in [9.17, 15) is 9.59 Å². The molecule has 0 aliphatic rings. The van der Waals surface area contributed by atoms with Gasteiger partial charge < -0.3 is 9.47 Å². The highest BCUT2D eigenvalue weighted by Crippen LogP contribution is 2.25. The van der Waals surface area contributed by atoms with E-state index >= 15 is 0 Å². The first-order valence-corrected chi connectivity index (χ1v) is 7.12. The second-order valence-electron chi connectivity index (χ2n) is 4.17. The Morgan fingerprint density at radius 1 is 0.905 bits per heavy atom. The topological polar surface area (TPSA) is 52.6 Å². The first-order valence-electron chi connectivity index (χ1n) is 6.21. The van der Waals surface area contributed by atoms with Crippen molar-refractivity contribution >= 4 is 27.9 Å². The Hall–Kier alpha value is -2.14. The number of carbonyl (C=O) groups is 2. The monoisotopic (exact) mass is 348 g/mol. The number of ether oxygens (including phenoxy) is 2. The fraction of sp³-hybridized carbons (Fsp3) is 0.125. The lowest BCUT2D eigenvalue weighted by atomic mass is 10.1. The zero-order valence-corrected chi connectivity index (χ0v) is 12.9. The van der Waals surface area contributed by atoms with Crippen molar-refractivity contribution in [3.05, 3.63) is 71.3 Å². The molecule has 2 rings (SSSR count). The minimum absolute atomic E-state index is 0.171. The second kappa shape index (κ2) is 7.04. The maximum Gasteiger partial charge on any atom is 0.340 e. The lowest BCUT2D eigenvalue weighted by Gasteiger charge is -2.13. The van der Waals surface area contributed by atoms with E-state index in [1.807, 2.05) is 30.3 Å². The molecule has 0 fully saturated rings. The normalized spacial score (nSPS) is 11.5. The Kier molecular flexibility index (Phi) is 5.11. The van der Waals surface area contributed by atoms with Gasteiger partial charge in [0.15, 0.2) is 5.01 Å². The molecule has 0 aliphatic heterocycles. The van der Waals surface area contributed by atoms with E-state index in [1.165, 1.54) is 19.2 Å². The van der Waals surface area contributed by atoms with Crippen LogP contribution in [-0.4, -0.2) is 19.0 Å². The van der Waals surface area contributed by atoms with Crippen molar-refractivity contribution in [2.45, 2.75) is 5.01 Å². The summed E-state index contributed by atoms with van der Waals surface area (Å²) in [6, 6.07) is 15.6. The van der Waals surface area contributed by atoms with Crippen molar-refractivity contribution in [3.63, 3.8) is 0 Å². The van der Waals surface area contributed by atoms with Gasteiger partial charge in [-0.2, -0.15) is 0 Å². The number of carbonyl (C=O) groups excluding carboxylic acids is 2. The van der Waals surface area contributed by atoms with Crippen molar-refractivity contribution in [1.29, 1.82) is 0 Å². The van der Waals surface area contributed by atoms with Crippen LogP contribution in [0.25, 0.3) is 0 Å². The van der Waals surface area contributed by atoms with Crippen LogP contribution in [0.3, 0.4) is 0 Å². The van der Waals surface area contributed by atoms with Gasteiger partial charge in [-0.25, -0.2) is 9.59 Å². The molecule has 0 radical (unpaired) electrons. The SMILES string of the molecule is COC(=O)c1ccccc1C(=O)OC(Br)c1ccccc1. The summed E-state index contributed by atoms with van der Waals surface area (Å²) < 4.78 is 9.99. The standard InChI is InChI=1S/C16H13BrO4/c1-20-15(18)12-9-5-6-10-13(12)16(19)21-14(17)11-7-3-2-4-8-11/h2-10,14H,1H3. The Morgan fingerprint density at radius 3 is 2.00 bits per heavy atom. The van der Waals surface area contributed by atoms with Gasteiger partial charge >= 0.3 is 11.9 Å². The summed E-state index contributed by atoms with van der Waals surface area (Å²) >= 11 is 3.30. The average molecular weight is 349 g/mol. The summed E-state index contributed by atoms with van der Waals surface area (Å²) in [5, 5.41) is -0.586. The van der Waals surface area contributed by atoms with Crippen molar-refractivity contribution in [3.8, 4) is 0 Å². The van der Waals surface area contributed by atoms with Gasteiger partial charge in [0.1, 0.15) is 0 Å². The highest BCUT2D eigenvalue weighted by atomic mass is 79.9. The van der Waals surface area contributed by atoms with Crippen LogP contribution in [0.5, 0.6) is 0 Å². The van der Waals surface area contributed by atoms with E-state index in [-0.39, 0.29) is 11.1 Å². The van der Waals surface area contributed by atoms with Crippen LogP contribution in [0.15, 0.2) is 54.6 Å². The lowest BCUT2D eigenvalue weighted by molar-refractivity contribution is 0.0452. The molecule has 1 unspecified atom stereocenters. The molecule has 0 N–H and O–H groups in total. The molecule has 0 heterocycles. The Labute approximate surface area is 130 Å². The minimum atomic E-state index is -0.596. The van der Waals surface area contributed by atoms with Gasteiger partial charge in [-0.3, -0.25) is 0 Å². The Morgan fingerprint density at radius 2 is 1.43 bits per heavy atom. The van der Waals surface area contributed by atoms with Crippen LogP contribution in [0.1, 0.15) is 31.3 Å². The third-order valence-electron chi connectivity index (χ3n) is 2.82. The highest BCUT2D eigenvalue weighted by Gasteiger charge is 2.21. The number of rotatable bonds is 4. The number of methoxy groups -OCH3 is 1. The largest absolute Gasteiger partial charge is 0.465 e. The molecule has 4 nitrogen and oxygen atoms in total. The predicted molar refractivity (Wildman–Crippen MR) is 81.3 cm³/mol. The molecule has 0 saturated carbocycles. The fourth-order valence-electron chi connectivity index (χ4n) is 1.78. The Balaban J connectivity index is 2.20. The van der Waals surface area contributed by atoms with Gasteiger partial charge in [0.2, 0.25) is 0 Å². The lowest BCUT2D eigenvalue weighted by Crippen LogP contribution is -2.13. The van der Waals surface area contributed by atoms with Crippen LogP contribution in [0.4, 0.5) is 0 Å². The number of esters is 2. The molecule has 2 aromatic rings. The maximum absolute atomic E-state index is 12.2. The van der Waals surface area contributed by atoms with Gasteiger partial charge in [-0.15, -0.1) is 0 Å². The number of hydrogen-bond acceptors (Lipinski definition) is 4. The third-order valence-corrected chi connectivity index (χ3v) is 3.54. The molecule has 5 heteroatoms. The van der Waals surface area contributed by atoms with Crippen LogP contribution in [-0.2, 0) is 9.47 Å². The number of halogens is 1. The molecular weight excluding hydrogens is 336 g/mol. The summed E-state index contributed by atoms with van der Waals surface area (Å²) in [4.78, 5) is 23.9. The van der Waals surface area contributed by atoms with Crippen molar-refractivity contribution in [2.75, 3.05) is 7.11 Å². The summed E-state index contributed by atoms with van der Waals surface area (Å²) in [6.45, 7) is 0. The van der Waals surface area contributed by atoms with Gasteiger partial charge in [0, 0.05) is 5.56 Å². The zero-order valence-electron chi connectivity index (χ0n) is 11.3. The summed E-state index contributed by atoms with van der Waals surface area (Å²) in [6.07, 6.45) is 0. The van der Waals surface area contributed by atoms with E-state index in [2.05, 4.69) is 20.7 Å². The van der Waals surface area contributed by atoms with Crippen molar-refractivity contribution in [1.82, 2.24) is 0 Å². The predicted octanol–water partition coefficient (Wildman–Crippen LogP) is 3.72. The highest BCUT2D eigenvalue weighted by molar-refractivity contribution is 9.09. The molecule has 0 aliphatic carbocycles. The van der Waals surface area contributed by atoms with E-state index in [4.69, 9.17) is 4.74 Å².